The molecule has 0 aromatic carbocycles. The Bertz CT molecular complexity index is 420. The van der Waals surface area contributed by atoms with E-state index in [-0.39, 0.29) is 11.6 Å². The molecule has 0 fully saturated rings. The summed E-state index contributed by atoms with van der Waals surface area (Å²) in [5.41, 5.74) is 6.50. The average Bonchev–Trinajstić information content (AvgIpc) is 2.26. The van der Waals surface area contributed by atoms with Crippen LogP contribution >= 0.6 is 0 Å². The van der Waals surface area contributed by atoms with Crippen molar-refractivity contribution in [3.8, 4) is 5.88 Å². The third-order valence-corrected chi connectivity index (χ3v) is 3.28. The van der Waals surface area contributed by atoms with Crippen molar-refractivity contribution in [2.75, 3.05) is 11.9 Å². The van der Waals surface area contributed by atoms with E-state index in [1.165, 1.54) is 0 Å². The minimum Gasteiger partial charge on any atom is -0.475 e. The Morgan fingerprint density at radius 2 is 1.95 bits per heavy atom. The van der Waals surface area contributed by atoms with E-state index in [2.05, 4.69) is 36.1 Å². The Kier molecular flexibility index (Phi) is 5.11. The molecule has 1 aromatic rings. The number of nitrogens with two attached hydrogens (primary N) is 1. The van der Waals surface area contributed by atoms with Crippen LogP contribution in [0.15, 0.2) is 6.07 Å². The molecule has 1 heterocycles. The average molecular weight is 266 g/mol. The third-order valence-electron chi connectivity index (χ3n) is 3.28. The van der Waals surface area contributed by atoms with E-state index in [0.717, 1.165) is 5.69 Å². The Morgan fingerprint density at radius 1 is 1.32 bits per heavy atom. The molecule has 0 saturated heterocycles. The van der Waals surface area contributed by atoms with Crippen molar-refractivity contribution in [1.29, 1.82) is 0 Å². The molecule has 0 radical (unpaired) electrons. The van der Waals surface area contributed by atoms with E-state index in [9.17, 15) is 0 Å². The maximum Gasteiger partial charge on any atom is 0.226 e. The van der Waals surface area contributed by atoms with Crippen LogP contribution in [0.5, 0.6) is 5.88 Å². The lowest BCUT2D eigenvalue weighted by molar-refractivity contribution is 0.232. The van der Waals surface area contributed by atoms with Gasteiger partial charge in [-0.3, -0.25) is 0 Å². The maximum absolute atomic E-state index is 5.86. The van der Waals surface area contributed by atoms with Gasteiger partial charge in [-0.05, 0) is 33.6 Å². The van der Waals surface area contributed by atoms with Gasteiger partial charge in [0.2, 0.25) is 11.8 Å². The number of ether oxygens (including phenoxy) is 1. The molecule has 1 aromatic heterocycles. The molecular weight excluding hydrogens is 240 g/mol. The summed E-state index contributed by atoms with van der Waals surface area (Å²) in [6.45, 7) is 12.7. The standard InChI is InChI=1S/C14H26N4O/c1-9(2)14(6,8-15)18-13-16-11(5)7-12(17-13)19-10(3)4/h7,9-10H,8,15H2,1-6H3,(H,16,17,18). The molecule has 1 atom stereocenters. The normalized spacial score (nSPS) is 14.6. The van der Waals surface area contributed by atoms with Crippen molar-refractivity contribution in [3.05, 3.63) is 11.8 Å². The molecule has 0 saturated carbocycles. The van der Waals surface area contributed by atoms with Crippen molar-refractivity contribution in [2.45, 2.75) is 53.2 Å². The highest BCUT2D eigenvalue weighted by Gasteiger charge is 2.27. The second kappa shape index (κ2) is 6.19. The summed E-state index contributed by atoms with van der Waals surface area (Å²) < 4.78 is 5.62. The van der Waals surface area contributed by atoms with Crippen molar-refractivity contribution in [3.63, 3.8) is 0 Å². The van der Waals surface area contributed by atoms with E-state index < -0.39 is 0 Å². The number of rotatable bonds is 6. The zero-order valence-corrected chi connectivity index (χ0v) is 12.8. The van der Waals surface area contributed by atoms with E-state index in [1.54, 1.807) is 0 Å². The first-order chi connectivity index (χ1) is 8.76. The highest BCUT2D eigenvalue weighted by Crippen LogP contribution is 2.21. The predicted molar refractivity (Wildman–Crippen MR) is 78.5 cm³/mol. The number of aryl methyl sites for hydroxylation is 1. The van der Waals surface area contributed by atoms with Gasteiger partial charge in [0.05, 0.1) is 11.6 Å². The minimum absolute atomic E-state index is 0.0909. The van der Waals surface area contributed by atoms with Crippen LogP contribution in [0.4, 0.5) is 5.95 Å². The van der Waals surface area contributed by atoms with Crippen LogP contribution in [0.1, 0.15) is 40.3 Å². The lowest BCUT2D eigenvalue weighted by Crippen LogP contribution is -2.47. The molecule has 0 bridgehead atoms. The number of aromatic nitrogens is 2. The van der Waals surface area contributed by atoms with Gasteiger partial charge < -0.3 is 15.8 Å². The minimum atomic E-state index is -0.233. The number of hydrogen-bond acceptors (Lipinski definition) is 5. The Morgan fingerprint density at radius 3 is 2.42 bits per heavy atom. The van der Waals surface area contributed by atoms with Gasteiger partial charge in [-0.2, -0.15) is 4.98 Å². The van der Waals surface area contributed by atoms with Crippen molar-refractivity contribution < 1.29 is 4.74 Å². The van der Waals surface area contributed by atoms with Gasteiger partial charge >= 0.3 is 0 Å². The zero-order valence-electron chi connectivity index (χ0n) is 12.8. The van der Waals surface area contributed by atoms with Gasteiger partial charge in [-0.15, -0.1) is 0 Å². The largest absolute Gasteiger partial charge is 0.475 e. The van der Waals surface area contributed by atoms with E-state index in [4.69, 9.17) is 10.5 Å². The summed E-state index contributed by atoms with van der Waals surface area (Å²) in [5.74, 6) is 1.53. The van der Waals surface area contributed by atoms with Crippen LogP contribution < -0.4 is 15.8 Å². The molecule has 19 heavy (non-hydrogen) atoms. The van der Waals surface area contributed by atoms with Crippen LogP contribution in [-0.2, 0) is 0 Å². The molecule has 0 spiro atoms. The smallest absolute Gasteiger partial charge is 0.226 e. The van der Waals surface area contributed by atoms with Gasteiger partial charge in [0.15, 0.2) is 0 Å². The van der Waals surface area contributed by atoms with Crippen LogP contribution in [0.3, 0.4) is 0 Å². The molecule has 3 N–H and O–H groups in total. The van der Waals surface area contributed by atoms with E-state index in [1.807, 2.05) is 26.8 Å². The predicted octanol–water partition coefficient (Wildman–Crippen LogP) is 2.36. The second-order valence-electron chi connectivity index (χ2n) is 5.74. The summed E-state index contributed by atoms with van der Waals surface area (Å²) in [6.07, 6.45) is 0.0909. The fraction of sp³-hybridized carbons (Fsp3) is 0.714. The first-order valence-corrected chi connectivity index (χ1v) is 6.77. The second-order valence-corrected chi connectivity index (χ2v) is 5.74. The molecule has 1 rings (SSSR count). The summed E-state index contributed by atoms with van der Waals surface area (Å²) in [7, 11) is 0. The summed E-state index contributed by atoms with van der Waals surface area (Å²) in [5, 5.41) is 3.33. The summed E-state index contributed by atoms with van der Waals surface area (Å²) in [4.78, 5) is 8.79. The number of nitrogens with one attached hydrogen (secondary N) is 1. The third kappa shape index (κ3) is 4.35. The monoisotopic (exact) mass is 266 g/mol. The van der Waals surface area contributed by atoms with E-state index in [0.29, 0.717) is 24.3 Å². The van der Waals surface area contributed by atoms with Crippen LogP contribution in [0.2, 0.25) is 0 Å². The summed E-state index contributed by atoms with van der Waals surface area (Å²) in [6, 6.07) is 1.83. The highest BCUT2D eigenvalue weighted by molar-refractivity contribution is 5.34. The Balaban J connectivity index is 2.97. The van der Waals surface area contributed by atoms with Gasteiger partial charge in [-0.1, -0.05) is 13.8 Å². The fourth-order valence-corrected chi connectivity index (χ4v) is 1.58. The topological polar surface area (TPSA) is 73.1 Å². The number of anilines is 1. The van der Waals surface area contributed by atoms with Crippen molar-refractivity contribution in [1.82, 2.24) is 9.97 Å². The highest BCUT2D eigenvalue weighted by atomic mass is 16.5. The molecule has 0 aliphatic carbocycles. The molecule has 0 aliphatic heterocycles. The molecule has 0 amide bonds. The molecule has 5 nitrogen and oxygen atoms in total. The van der Waals surface area contributed by atoms with Gasteiger partial charge in [-0.25, -0.2) is 4.98 Å². The first kappa shape index (κ1) is 15.7. The molecule has 108 valence electrons. The lowest BCUT2D eigenvalue weighted by Gasteiger charge is -2.33. The number of hydrogen-bond donors (Lipinski definition) is 2. The summed E-state index contributed by atoms with van der Waals surface area (Å²) >= 11 is 0. The molecule has 0 aliphatic rings. The van der Waals surface area contributed by atoms with Crippen LogP contribution in [-0.4, -0.2) is 28.2 Å². The van der Waals surface area contributed by atoms with Crippen molar-refractivity contribution in [2.24, 2.45) is 11.7 Å². The Labute approximate surface area is 116 Å². The molecule has 1 unspecified atom stereocenters. The van der Waals surface area contributed by atoms with E-state index >= 15 is 0 Å². The lowest BCUT2D eigenvalue weighted by atomic mass is 9.89. The van der Waals surface area contributed by atoms with Crippen molar-refractivity contribution >= 4 is 5.95 Å². The molecular formula is C14H26N4O. The zero-order chi connectivity index (χ0) is 14.6. The fourth-order valence-electron chi connectivity index (χ4n) is 1.58. The van der Waals surface area contributed by atoms with Gasteiger partial charge in [0.1, 0.15) is 0 Å². The van der Waals surface area contributed by atoms with Crippen LogP contribution in [0.25, 0.3) is 0 Å². The maximum atomic E-state index is 5.86. The van der Waals surface area contributed by atoms with Gasteiger partial charge in [0, 0.05) is 18.3 Å². The quantitative estimate of drug-likeness (QED) is 0.827. The Hall–Kier alpha value is -1.36. The van der Waals surface area contributed by atoms with Gasteiger partial charge in [0.25, 0.3) is 0 Å². The van der Waals surface area contributed by atoms with Crippen LogP contribution in [0, 0.1) is 12.8 Å². The SMILES string of the molecule is Cc1cc(OC(C)C)nc(NC(C)(CN)C(C)C)n1. The number of nitrogens with zero attached hydrogens (tertiary/aromatic N) is 2. The first-order valence-electron chi connectivity index (χ1n) is 6.77. The molecule has 5 heteroatoms.